The molecule has 2 fully saturated rings. The summed E-state index contributed by atoms with van der Waals surface area (Å²) < 4.78 is 5.72. The molecule has 0 unspecified atom stereocenters. The molecule has 2 aliphatic rings. The molecule has 2 rings (SSSR count). The zero-order valence-electron chi connectivity index (χ0n) is 11.4. The van der Waals surface area contributed by atoms with Crippen molar-refractivity contribution >= 4 is 11.8 Å². The van der Waals surface area contributed by atoms with Crippen molar-refractivity contribution in [2.24, 2.45) is 11.3 Å². The fourth-order valence-corrected chi connectivity index (χ4v) is 2.42. The van der Waals surface area contributed by atoms with Crippen LogP contribution in [-0.2, 0) is 14.3 Å². The minimum absolute atomic E-state index is 0.0108. The number of carbonyl (C=O) groups is 2. The molecule has 2 amide bonds. The highest BCUT2D eigenvalue weighted by molar-refractivity contribution is 6.01. The molecule has 2 aliphatic heterocycles. The second-order valence-electron chi connectivity index (χ2n) is 6.14. The van der Waals surface area contributed by atoms with Crippen LogP contribution in [0.2, 0.25) is 0 Å². The number of morpholine rings is 1. The maximum atomic E-state index is 12.3. The van der Waals surface area contributed by atoms with Gasteiger partial charge >= 0.3 is 0 Å². The first-order valence-corrected chi connectivity index (χ1v) is 6.57. The Morgan fingerprint density at radius 2 is 2.17 bits per heavy atom. The number of nitrogens with zero attached hydrogens (tertiary/aromatic N) is 1. The summed E-state index contributed by atoms with van der Waals surface area (Å²) in [7, 11) is 0. The lowest BCUT2D eigenvalue weighted by Crippen LogP contribution is -2.52. The van der Waals surface area contributed by atoms with Crippen LogP contribution in [0.15, 0.2) is 0 Å². The minimum Gasteiger partial charge on any atom is -0.374 e. The van der Waals surface area contributed by atoms with Crippen molar-refractivity contribution in [2.75, 3.05) is 26.2 Å². The van der Waals surface area contributed by atoms with E-state index in [1.165, 1.54) is 0 Å². The van der Waals surface area contributed by atoms with Crippen LogP contribution < -0.4 is 5.32 Å². The standard InChI is InChI=1S/C13H22N2O3/c1-13(2,3)10-8-15(6-7-18-10)12(17)9-4-5-14-11(9)16/h9-10H,4-8H2,1-3H3,(H,14,16)/t9-,10+/m1/s1. The summed E-state index contributed by atoms with van der Waals surface area (Å²) in [4.78, 5) is 25.6. The van der Waals surface area contributed by atoms with Crippen molar-refractivity contribution in [3.8, 4) is 0 Å². The quantitative estimate of drug-likeness (QED) is 0.689. The molecular formula is C13H22N2O3. The van der Waals surface area contributed by atoms with Gasteiger partial charge in [-0.15, -0.1) is 0 Å². The first-order valence-electron chi connectivity index (χ1n) is 6.57. The van der Waals surface area contributed by atoms with Crippen LogP contribution in [0.5, 0.6) is 0 Å². The number of ether oxygens (including phenoxy) is 1. The summed E-state index contributed by atoms with van der Waals surface area (Å²) in [6.07, 6.45) is 0.662. The molecule has 0 bridgehead atoms. The fraction of sp³-hybridized carbons (Fsp3) is 0.846. The molecule has 0 aromatic rings. The Morgan fingerprint density at radius 1 is 1.44 bits per heavy atom. The monoisotopic (exact) mass is 254 g/mol. The van der Waals surface area contributed by atoms with Gasteiger partial charge in [-0.2, -0.15) is 0 Å². The van der Waals surface area contributed by atoms with Crippen LogP contribution in [0.4, 0.5) is 0 Å². The van der Waals surface area contributed by atoms with Gasteiger partial charge in [0.25, 0.3) is 0 Å². The zero-order chi connectivity index (χ0) is 13.3. The Bertz CT molecular complexity index is 349. The van der Waals surface area contributed by atoms with Gasteiger partial charge in [0, 0.05) is 19.6 Å². The van der Waals surface area contributed by atoms with Crippen LogP contribution in [0, 0.1) is 11.3 Å². The third kappa shape index (κ3) is 2.66. The van der Waals surface area contributed by atoms with Crippen molar-refractivity contribution in [1.29, 1.82) is 0 Å². The van der Waals surface area contributed by atoms with Gasteiger partial charge in [-0.1, -0.05) is 20.8 Å². The first kappa shape index (κ1) is 13.3. The normalized spacial score (nSPS) is 29.3. The largest absolute Gasteiger partial charge is 0.374 e. The van der Waals surface area contributed by atoms with Crippen LogP contribution in [-0.4, -0.2) is 49.1 Å². The van der Waals surface area contributed by atoms with E-state index in [4.69, 9.17) is 4.74 Å². The molecule has 0 radical (unpaired) electrons. The molecular weight excluding hydrogens is 232 g/mol. The molecule has 1 N–H and O–H groups in total. The van der Waals surface area contributed by atoms with E-state index in [2.05, 4.69) is 26.1 Å². The summed E-state index contributed by atoms with van der Waals surface area (Å²) in [5, 5.41) is 2.71. The summed E-state index contributed by atoms with van der Waals surface area (Å²) in [6.45, 7) is 8.67. The molecule has 5 nitrogen and oxygen atoms in total. The molecule has 0 aliphatic carbocycles. The summed E-state index contributed by atoms with van der Waals surface area (Å²) in [5.41, 5.74) is 0.0108. The molecule has 0 spiro atoms. The maximum Gasteiger partial charge on any atom is 0.235 e. The lowest BCUT2D eigenvalue weighted by Gasteiger charge is -2.40. The third-order valence-corrected chi connectivity index (χ3v) is 3.69. The molecule has 5 heteroatoms. The van der Waals surface area contributed by atoms with Crippen molar-refractivity contribution in [3.63, 3.8) is 0 Å². The van der Waals surface area contributed by atoms with Crippen molar-refractivity contribution < 1.29 is 14.3 Å². The number of nitrogens with one attached hydrogen (secondary N) is 1. The Morgan fingerprint density at radius 3 is 2.72 bits per heavy atom. The molecule has 2 atom stereocenters. The molecule has 2 heterocycles. The van der Waals surface area contributed by atoms with Gasteiger partial charge in [0.2, 0.25) is 11.8 Å². The van der Waals surface area contributed by atoms with Crippen LogP contribution in [0.3, 0.4) is 0 Å². The Hall–Kier alpha value is -1.10. The van der Waals surface area contributed by atoms with E-state index in [0.29, 0.717) is 32.7 Å². The second-order valence-corrected chi connectivity index (χ2v) is 6.14. The van der Waals surface area contributed by atoms with Gasteiger partial charge in [-0.3, -0.25) is 9.59 Å². The predicted octanol–water partition coefficient (Wildman–Crippen LogP) is 0.396. The fourth-order valence-electron chi connectivity index (χ4n) is 2.42. The summed E-state index contributed by atoms with van der Waals surface area (Å²) >= 11 is 0. The van der Waals surface area contributed by atoms with Gasteiger partial charge in [0.1, 0.15) is 5.92 Å². The molecule has 0 aromatic carbocycles. The van der Waals surface area contributed by atoms with E-state index in [1.807, 2.05) is 0 Å². The third-order valence-electron chi connectivity index (χ3n) is 3.69. The molecule has 2 saturated heterocycles. The van der Waals surface area contributed by atoms with Gasteiger partial charge in [-0.05, 0) is 11.8 Å². The van der Waals surface area contributed by atoms with Crippen molar-refractivity contribution in [2.45, 2.75) is 33.3 Å². The van der Waals surface area contributed by atoms with Gasteiger partial charge in [0.15, 0.2) is 0 Å². The minimum atomic E-state index is -0.483. The average Bonchev–Trinajstić information content (AvgIpc) is 2.73. The number of hydrogen-bond acceptors (Lipinski definition) is 3. The maximum absolute atomic E-state index is 12.3. The van der Waals surface area contributed by atoms with Crippen LogP contribution in [0.25, 0.3) is 0 Å². The molecule has 102 valence electrons. The summed E-state index contributed by atoms with van der Waals surface area (Å²) in [5.74, 6) is -0.648. The highest BCUT2D eigenvalue weighted by Gasteiger charge is 2.38. The van der Waals surface area contributed by atoms with Crippen LogP contribution in [0.1, 0.15) is 27.2 Å². The zero-order valence-corrected chi connectivity index (χ0v) is 11.4. The van der Waals surface area contributed by atoms with E-state index < -0.39 is 5.92 Å². The second kappa shape index (κ2) is 4.88. The van der Waals surface area contributed by atoms with E-state index >= 15 is 0 Å². The number of carbonyl (C=O) groups excluding carboxylic acids is 2. The molecule has 0 aromatic heterocycles. The topological polar surface area (TPSA) is 58.6 Å². The Balaban J connectivity index is 2.00. The van der Waals surface area contributed by atoms with E-state index in [-0.39, 0.29) is 23.3 Å². The average molecular weight is 254 g/mol. The van der Waals surface area contributed by atoms with E-state index in [9.17, 15) is 9.59 Å². The summed E-state index contributed by atoms with van der Waals surface area (Å²) in [6, 6.07) is 0. The highest BCUT2D eigenvalue weighted by Crippen LogP contribution is 2.26. The number of amides is 2. The highest BCUT2D eigenvalue weighted by atomic mass is 16.5. The molecule has 0 saturated carbocycles. The lowest BCUT2D eigenvalue weighted by molar-refractivity contribution is -0.150. The SMILES string of the molecule is CC(C)(C)[C@@H]1CN(C(=O)[C@@H]2CCNC2=O)CCO1. The van der Waals surface area contributed by atoms with Gasteiger partial charge < -0.3 is 15.0 Å². The van der Waals surface area contributed by atoms with E-state index in [1.54, 1.807) is 4.90 Å². The smallest absolute Gasteiger partial charge is 0.235 e. The van der Waals surface area contributed by atoms with Gasteiger partial charge in [-0.25, -0.2) is 0 Å². The van der Waals surface area contributed by atoms with Crippen molar-refractivity contribution in [1.82, 2.24) is 10.2 Å². The van der Waals surface area contributed by atoms with Gasteiger partial charge in [0.05, 0.1) is 12.7 Å². The predicted molar refractivity (Wildman–Crippen MR) is 66.9 cm³/mol. The van der Waals surface area contributed by atoms with Crippen LogP contribution >= 0.6 is 0 Å². The van der Waals surface area contributed by atoms with E-state index in [0.717, 1.165) is 0 Å². The Kier molecular flexibility index (Phi) is 3.61. The first-order chi connectivity index (χ1) is 8.39. The van der Waals surface area contributed by atoms with Crippen molar-refractivity contribution in [3.05, 3.63) is 0 Å². The number of hydrogen-bond donors (Lipinski definition) is 1. The Labute approximate surface area is 108 Å². The molecule has 18 heavy (non-hydrogen) atoms. The lowest BCUT2D eigenvalue weighted by atomic mass is 9.87. The number of rotatable bonds is 1.